The lowest BCUT2D eigenvalue weighted by Crippen LogP contribution is -2.35. The number of nitro groups is 1. The van der Waals surface area contributed by atoms with Crippen molar-refractivity contribution in [3.63, 3.8) is 0 Å². The van der Waals surface area contributed by atoms with Gasteiger partial charge in [0.1, 0.15) is 5.75 Å². The molecule has 2 heterocycles. The number of hydrogen-bond acceptors (Lipinski definition) is 7. The normalized spacial score (nSPS) is 24.2. The molecule has 0 bridgehead atoms. The smallest absolute Gasteiger partial charge is 0.271 e. The number of benzene rings is 2. The Kier molecular flexibility index (Phi) is 8.11. The highest BCUT2D eigenvalue weighted by Crippen LogP contribution is 2.50. The molecule has 2 N–H and O–H groups in total. The van der Waals surface area contributed by atoms with E-state index in [1.165, 1.54) is 29.8 Å². The zero-order valence-electron chi connectivity index (χ0n) is 23.6. The van der Waals surface area contributed by atoms with Crippen molar-refractivity contribution in [3.8, 4) is 5.75 Å². The second kappa shape index (κ2) is 11.6. The molecule has 2 aromatic rings. The van der Waals surface area contributed by atoms with Crippen LogP contribution in [0.15, 0.2) is 53.1 Å². The molecular formula is C32H36N2O7. The predicted molar refractivity (Wildman–Crippen MR) is 154 cm³/mol. The van der Waals surface area contributed by atoms with Gasteiger partial charge in [-0.05, 0) is 85.6 Å². The molecule has 2 aromatic carbocycles. The van der Waals surface area contributed by atoms with Crippen molar-refractivity contribution in [2.75, 3.05) is 18.1 Å². The predicted octanol–water partition coefficient (Wildman–Crippen LogP) is 5.39. The molecule has 2 saturated heterocycles. The Morgan fingerprint density at radius 1 is 1.12 bits per heavy atom. The van der Waals surface area contributed by atoms with Crippen molar-refractivity contribution in [2.24, 2.45) is 17.8 Å². The highest BCUT2D eigenvalue weighted by molar-refractivity contribution is 6.22. The minimum Gasteiger partial charge on any atom is -0.507 e. The van der Waals surface area contributed by atoms with Gasteiger partial charge in [-0.3, -0.25) is 19.7 Å². The highest BCUT2D eigenvalue weighted by Gasteiger charge is 2.57. The van der Waals surface area contributed by atoms with Crippen LogP contribution in [-0.2, 0) is 14.3 Å². The Balaban J connectivity index is 1.38. The van der Waals surface area contributed by atoms with Crippen LogP contribution in [0.4, 0.5) is 11.4 Å². The maximum Gasteiger partial charge on any atom is 0.271 e. The fourth-order valence-corrected chi connectivity index (χ4v) is 6.83. The Bertz CT molecular complexity index is 1440. The number of aliphatic hydroxyl groups is 1. The Labute approximate surface area is 239 Å². The number of ether oxygens (including phenoxy) is 1. The van der Waals surface area contributed by atoms with E-state index in [-0.39, 0.29) is 54.8 Å². The number of aromatic hydroxyl groups is 1. The zero-order chi connectivity index (χ0) is 29.4. The van der Waals surface area contributed by atoms with Gasteiger partial charge in [-0.25, -0.2) is 4.90 Å². The number of imide groups is 1. The van der Waals surface area contributed by atoms with Crippen molar-refractivity contribution in [1.82, 2.24) is 0 Å². The lowest BCUT2D eigenvalue weighted by atomic mass is 9.69. The van der Waals surface area contributed by atoms with E-state index in [2.05, 4.69) is 13.0 Å². The molecule has 9 nitrogen and oxygen atoms in total. The second-order valence-electron chi connectivity index (χ2n) is 11.4. The summed E-state index contributed by atoms with van der Waals surface area (Å²) >= 11 is 0. The number of carbonyl (C=O) groups is 2. The fraction of sp³-hybridized carbons (Fsp3) is 0.438. The fourth-order valence-electron chi connectivity index (χ4n) is 6.83. The average Bonchev–Trinajstić information content (AvgIpc) is 3.48. The van der Waals surface area contributed by atoms with E-state index >= 15 is 0 Å². The van der Waals surface area contributed by atoms with Gasteiger partial charge in [0.2, 0.25) is 11.8 Å². The molecule has 0 saturated carbocycles. The van der Waals surface area contributed by atoms with Crippen LogP contribution >= 0.6 is 0 Å². The molecule has 1 aliphatic carbocycles. The van der Waals surface area contributed by atoms with E-state index in [4.69, 9.17) is 4.74 Å². The summed E-state index contributed by atoms with van der Waals surface area (Å²) in [6.45, 7) is 5.99. The number of phenolic OH excluding ortho intramolecular Hbond substituents is 1. The third-order valence-corrected chi connectivity index (χ3v) is 8.68. The van der Waals surface area contributed by atoms with E-state index in [1.54, 1.807) is 0 Å². The van der Waals surface area contributed by atoms with Crippen LogP contribution in [0.1, 0.15) is 55.7 Å². The number of nitro benzene ring substituents is 1. The molecule has 2 fully saturated rings. The number of aryl methyl sites for hydroxylation is 2. The van der Waals surface area contributed by atoms with Crippen LogP contribution in [0.25, 0.3) is 6.08 Å². The second-order valence-corrected chi connectivity index (χ2v) is 11.4. The highest BCUT2D eigenvalue weighted by atomic mass is 16.6. The van der Waals surface area contributed by atoms with Crippen LogP contribution in [0.2, 0.25) is 0 Å². The molecule has 9 heteroatoms. The summed E-state index contributed by atoms with van der Waals surface area (Å²) in [6, 6.07) is 9.53. The Morgan fingerprint density at radius 2 is 1.85 bits per heavy atom. The molecule has 0 aromatic heterocycles. The van der Waals surface area contributed by atoms with Gasteiger partial charge in [0, 0.05) is 18.1 Å². The van der Waals surface area contributed by atoms with E-state index in [1.807, 2.05) is 26.0 Å². The maximum atomic E-state index is 13.7. The molecule has 216 valence electrons. The number of nitrogens with zero attached hydrogens (tertiary/aromatic N) is 2. The molecular weight excluding hydrogens is 524 g/mol. The zero-order valence-corrected chi connectivity index (χ0v) is 23.6. The summed E-state index contributed by atoms with van der Waals surface area (Å²) in [5.74, 6) is -2.01. The summed E-state index contributed by atoms with van der Waals surface area (Å²) in [5, 5.41) is 31.8. The molecule has 0 unspecified atom stereocenters. The number of carbonyl (C=O) groups excluding carboxylic acids is 2. The van der Waals surface area contributed by atoms with Gasteiger partial charge < -0.3 is 14.9 Å². The first kappa shape index (κ1) is 28.7. The number of allylic oxidation sites excluding steroid dienone is 1. The molecule has 2 amide bonds. The van der Waals surface area contributed by atoms with Crippen LogP contribution < -0.4 is 4.90 Å². The first-order valence-electron chi connectivity index (χ1n) is 14.2. The van der Waals surface area contributed by atoms with E-state index < -0.39 is 16.8 Å². The third-order valence-electron chi connectivity index (χ3n) is 8.68. The van der Waals surface area contributed by atoms with Crippen molar-refractivity contribution < 1.29 is 29.5 Å². The Morgan fingerprint density at radius 3 is 2.51 bits per heavy atom. The Hall–Kier alpha value is -3.82. The van der Waals surface area contributed by atoms with Gasteiger partial charge in [-0.1, -0.05) is 31.1 Å². The SMILES string of the molecule is CCC/C(=C\c1cc(C)c(O)c(C)c1)CC[C@H]1OC[C@H]2C1=C(CO)C[C@H]1C(=O)N(c3cccc([N+](=O)[O-])c3)C(=O)[C@H]12. The number of amides is 2. The number of phenols is 1. The molecule has 2 aliphatic heterocycles. The van der Waals surface area contributed by atoms with Crippen LogP contribution in [0, 0.1) is 41.7 Å². The van der Waals surface area contributed by atoms with Crippen LogP contribution in [0.3, 0.4) is 0 Å². The van der Waals surface area contributed by atoms with Crippen LogP contribution in [-0.4, -0.2) is 46.3 Å². The molecule has 0 spiro atoms. The van der Waals surface area contributed by atoms with Gasteiger partial charge in [0.05, 0.1) is 41.8 Å². The first-order valence-corrected chi connectivity index (χ1v) is 14.2. The lowest BCUT2D eigenvalue weighted by Gasteiger charge is -2.31. The van der Waals surface area contributed by atoms with Crippen molar-refractivity contribution in [2.45, 2.75) is 59.0 Å². The minimum absolute atomic E-state index is 0.189. The standard InChI is InChI=1S/C32H36N2O7/c1-4-6-20(13-21-11-18(2)30(36)19(3)12-21)9-10-27-28-22(16-35)14-25-29(26(28)17-41-27)32(38)33(31(25)37)23-7-5-8-24(15-23)34(39)40/h5,7-8,11-13,15,25-27,29,35-36H,4,6,9-10,14,16-17H2,1-3H3/b20-13+/t25-,26+,27-,29-/m1/s1. The number of non-ortho nitro benzene ring substituents is 1. The molecule has 0 radical (unpaired) electrons. The van der Waals surface area contributed by atoms with E-state index in [9.17, 15) is 29.9 Å². The largest absolute Gasteiger partial charge is 0.507 e. The minimum atomic E-state index is -0.628. The van der Waals surface area contributed by atoms with Crippen LogP contribution in [0.5, 0.6) is 5.75 Å². The van der Waals surface area contributed by atoms with Crippen molar-refractivity contribution >= 4 is 29.3 Å². The summed E-state index contributed by atoms with van der Waals surface area (Å²) in [7, 11) is 0. The summed E-state index contributed by atoms with van der Waals surface area (Å²) < 4.78 is 6.25. The maximum absolute atomic E-state index is 13.7. The molecule has 5 rings (SSSR count). The third kappa shape index (κ3) is 5.31. The van der Waals surface area contributed by atoms with E-state index in [0.717, 1.165) is 52.0 Å². The molecule has 3 aliphatic rings. The number of hydrogen-bond donors (Lipinski definition) is 2. The van der Waals surface area contributed by atoms with Gasteiger partial charge in [-0.2, -0.15) is 0 Å². The number of aliphatic hydroxyl groups excluding tert-OH is 1. The van der Waals surface area contributed by atoms with Crippen molar-refractivity contribution in [3.05, 3.63) is 79.9 Å². The van der Waals surface area contributed by atoms with E-state index in [0.29, 0.717) is 12.2 Å². The summed E-state index contributed by atoms with van der Waals surface area (Å²) in [5.41, 5.74) is 5.66. The van der Waals surface area contributed by atoms with Gasteiger partial charge >= 0.3 is 0 Å². The van der Waals surface area contributed by atoms with Crippen molar-refractivity contribution in [1.29, 1.82) is 0 Å². The average molecular weight is 561 g/mol. The van der Waals surface area contributed by atoms with Gasteiger partial charge in [0.25, 0.3) is 5.69 Å². The van der Waals surface area contributed by atoms with Gasteiger partial charge in [0.15, 0.2) is 0 Å². The topological polar surface area (TPSA) is 130 Å². The number of anilines is 1. The number of fused-ring (bicyclic) bond motifs is 3. The monoisotopic (exact) mass is 560 g/mol. The molecule has 4 atom stereocenters. The lowest BCUT2D eigenvalue weighted by molar-refractivity contribution is -0.384. The van der Waals surface area contributed by atoms with Gasteiger partial charge in [-0.15, -0.1) is 0 Å². The molecule has 41 heavy (non-hydrogen) atoms. The quantitative estimate of drug-likeness (QED) is 0.182. The summed E-state index contributed by atoms with van der Waals surface area (Å²) in [4.78, 5) is 39.0. The first-order chi connectivity index (χ1) is 19.6. The summed E-state index contributed by atoms with van der Waals surface area (Å²) in [6.07, 6.45) is 5.53. The number of rotatable bonds is 9.